The number of rotatable bonds is 5. The van der Waals surface area contributed by atoms with Crippen LogP contribution >= 0.6 is 0 Å². The minimum absolute atomic E-state index is 0.00260. The Morgan fingerprint density at radius 2 is 2.15 bits per heavy atom. The fraction of sp³-hybridized carbons (Fsp3) is 0.250. The van der Waals surface area contributed by atoms with Gasteiger partial charge in [0.15, 0.2) is 0 Å². The fourth-order valence-electron chi connectivity index (χ4n) is 1.77. The van der Waals surface area contributed by atoms with Crippen molar-refractivity contribution in [3.05, 3.63) is 36.2 Å². The number of nitrogens with zero attached hydrogens (tertiary/aromatic N) is 1. The first-order valence-electron chi connectivity index (χ1n) is 6.02. The van der Waals surface area contributed by atoms with Crippen molar-refractivity contribution in [2.75, 3.05) is 18.1 Å². The van der Waals surface area contributed by atoms with Crippen LogP contribution in [0.25, 0.3) is 0 Å². The van der Waals surface area contributed by atoms with Crippen LogP contribution in [0.15, 0.2) is 35.5 Å². The van der Waals surface area contributed by atoms with Crippen molar-refractivity contribution in [1.29, 1.82) is 0 Å². The Morgan fingerprint density at radius 3 is 2.70 bits per heavy atom. The maximum Gasteiger partial charge on any atom is 0.240 e. The molecular formula is C12H17N5O2S. The van der Waals surface area contributed by atoms with E-state index < -0.39 is 10.0 Å². The second-order valence-corrected chi connectivity index (χ2v) is 6.24. The zero-order valence-electron chi connectivity index (χ0n) is 11.2. The molecule has 2 aromatic rings. The Hall–Kier alpha value is -2.06. The van der Waals surface area contributed by atoms with Gasteiger partial charge in [0.1, 0.15) is 0 Å². The molecule has 0 fully saturated rings. The molecule has 20 heavy (non-hydrogen) atoms. The molecular weight excluding hydrogens is 278 g/mol. The summed E-state index contributed by atoms with van der Waals surface area (Å²) in [6, 6.07) is 4.58. The predicted molar refractivity (Wildman–Crippen MR) is 77.7 cm³/mol. The highest BCUT2D eigenvalue weighted by atomic mass is 32.2. The van der Waals surface area contributed by atoms with E-state index in [-0.39, 0.29) is 10.9 Å². The number of sulfonamides is 1. The minimum Gasteiger partial charge on any atom is -0.397 e. The molecule has 0 aliphatic heterocycles. The Morgan fingerprint density at radius 1 is 1.40 bits per heavy atom. The van der Waals surface area contributed by atoms with Crippen LogP contribution in [0.1, 0.15) is 18.5 Å². The van der Waals surface area contributed by atoms with Gasteiger partial charge in [-0.2, -0.15) is 5.10 Å². The number of nitrogens with two attached hydrogens (primary N) is 1. The third-order valence-electron chi connectivity index (χ3n) is 2.99. The molecule has 1 unspecified atom stereocenters. The molecule has 1 heterocycles. The molecule has 0 aliphatic rings. The summed E-state index contributed by atoms with van der Waals surface area (Å²) in [4.78, 5) is 0.138. The molecule has 0 aliphatic carbocycles. The van der Waals surface area contributed by atoms with Gasteiger partial charge >= 0.3 is 0 Å². The van der Waals surface area contributed by atoms with E-state index in [2.05, 4.69) is 20.2 Å². The Kier molecular flexibility index (Phi) is 3.96. The monoisotopic (exact) mass is 295 g/mol. The summed E-state index contributed by atoms with van der Waals surface area (Å²) in [7, 11) is -2.12. The second-order valence-electron chi connectivity index (χ2n) is 4.35. The molecule has 1 aromatic heterocycles. The largest absolute Gasteiger partial charge is 0.397 e. The van der Waals surface area contributed by atoms with Crippen LogP contribution in [-0.2, 0) is 10.0 Å². The molecule has 8 heteroatoms. The topological polar surface area (TPSA) is 113 Å². The molecule has 5 N–H and O–H groups in total. The third kappa shape index (κ3) is 2.91. The number of anilines is 2. The molecule has 7 nitrogen and oxygen atoms in total. The van der Waals surface area contributed by atoms with Gasteiger partial charge in [-0.05, 0) is 32.2 Å². The van der Waals surface area contributed by atoms with Gasteiger partial charge in [-0.1, -0.05) is 0 Å². The fourth-order valence-corrected chi connectivity index (χ4v) is 2.54. The van der Waals surface area contributed by atoms with Crippen molar-refractivity contribution in [3.63, 3.8) is 0 Å². The van der Waals surface area contributed by atoms with Gasteiger partial charge in [0.25, 0.3) is 0 Å². The molecule has 0 amide bonds. The van der Waals surface area contributed by atoms with Crippen molar-refractivity contribution in [3.8, 4) is 0 Å². The summed E-state index contributed by atoms with van der Waals surface area (Å²) in [6.07, 6.45) is 3.50. The van der Waals surface area contributed by atoms with Gasteiger partial charge in [-0.15, -0.1) is 0 Å². The minimum atomic E-state index is -3.48. The second kappa shape index (κ2) is 5.51. The lowest BCUT2D eigenvalue weighted by Gasteiger charge is -2.16. The average molecular weight is 295 g/mol. The number of nitrogens with one attached hydrogen (secondary N) is 3. The Labute approximate surface area is 117 Å². The standard InChI is InChI=1S/C12H17N5O2S/c1-8(9-6-15-16-7-9)17-12-4-3-10(5-11(12)13)20(18,19)14-2/h3-8,14,17H,13H2,1-2H3,(H,15,16). The van der Waals surface area contributed by atoms with Crippen LogP contribution in [0.2, 0.25) is 0 Å². The zero-order chi connectivity index (χ0) is 14.8. The number of hydrogen-bond acceptors (Lipinski definition) is 5. The third-order valence-corrected chi connectivity index (χ3v) is 4.41. The lowest BCUT2D eigenvalue weighted by atomic mass is 10.1. The first-order valence-corrected chi connectivity index (χ1v) is 7.50. The summed E-state index contributed by atoms with van der Waals surface area (Å²) < 4.78 is 25.6. The van der Waals surface area contributed by atoms with Gasteiger partial charge in [0.2, 0.25) is 10.0 Å². The van der Waals surface area contributed by atoms with Gasteiger partial charge < -0.3 is 11.1 Å². The first kappa shape index (κ1) is 14.4. The van der Waals surface area contributed by atoms with Gasteiger partial charge in [0, 0.05) is 11.8 Å². The summed E-state index contributed by atoms with van der Waals surface area (Å²) >= 11 is 0. The SMILES string of the molecule is CNS(=O)(=O)c1ccc(NC(C)c2cn[nH]c2)c(N)c1. The van der Waals surface area contributed by atoms with Crippen molar-refractivity contribution in [1.82, 2.24) is 14.9 Å². The number of aromatic amines is 1. The molecule has 2 rings (SSSR count). The zero-order valence-corrected chi connectivity index (χ0v) is 12.0. The van der Waals surface area contributed by atoms with E-state index in [1.54, 1.807) is 18.5 Å². The van der Waals surface area contributed by atoms with E-state index >= 15 is 0 Å². The van der Waals surface area contributed by atoms with Crippen molar-refractivity contribution < 1.29 is 8.42 Å². The summed E-state index contributed by atoms with van der Waals surface area (Å²) in [5, 5.41) is 9.83. The molecule has 0 radical (unpaired) electrons. The number of aromatic nitrogens is 2. The van der Waals surface area contributed by atoms with Gasteiger partial charge in [0.05, 0.1) is 28.5 Å². The number of benzene rings is 1. The lowest BCUT2D eigenvalue weighted by molar-refractivity contribution is 0.588. The number of nitrogen functional groups attached to an aromatic ring is 1. The molecule has 0 saturated heterocycles. The smallest absolute Gasteiger partial charge is 0.240 e. The van der Waals surface area contributed by atoms with Crippen LogP contribution in [0.5, 0.6) is 0 Å². The van der Waals surface area contributed by atoms with E-state index in [0.717, 1.165) is 5.56 Å². The van der Waals surface area contributed by atoms with Crippen molar-refractivity contribution >= 4 is 21.4 Å². The highest BCUT2D eigenvalue weighted by Gasteiger charge is 2.14. The van der Waals surface area contributed by atoms with Crippen molar-refractivity contribution in [2.45, 2.75) is 17.9 Å². The lowest BCUT2D eigenvalue weighted by Crippen LogP contribution is -2.19. The van der Waals surface area contributed by atoms with Gasteiger partial charge in [-0.3, -0.25) is 5.10 Å². The highest BCUT2D eigenvalue weighted by Crippen LogP contribution is 2.26. The van der Waals surface area contributed by atoms with E-state index in [1.165, 1.54) is 19.2 Å². The van der Waals surface area contributed by atoms with E-state index in [9.17, 15) is 8.42 Å². The molecule has 0 saturated carbocycles. The normalized spacial score (nSPS) is 13.1. The quantitative estimate of drug-likeness (QED) is 0.616. The number of hydrogen-bond donors (Lipinski definition) is 4. The Balaban J connectivity index is 2.23. The summed E-state index contributed by atoms with van der Waals surface area (Å²) in [5.41, 5.74) is 7.93. The molecule has 1 aromatic carbocycles. The van der Waals surface area contributed by atoms with E-state index in [0.29, 0.717) is 11.4 Å². The van der Waals surface area contributed by atoms with Crippen LogP contribution in [0, 0.1) is 0 Å². The maximum atomic E-state index is 11.7. The Bertz CT molecular complexity index is 682. The summed E-state index contributed by atoms with van der Waals surface area (Å²) in [6.45, 7) is 1.96. The van der Waals surface area contributed by atoms with Crippen molar-refractivity contribution in [2.24, 2.45) is 0 Å². The molecule has 0 bridgehead atoms. The molecule has 108 valence electrons. The molecule has 0 spiro atoms. The van der Waals surface area contributed by atoms with Gasteiger partial charge in [-0.25, -0.2) is 13.1 Å². The summed E-state index contributed by atoms with van der Waals surface area (Å²) in [5.74, 6) is 0. The highest BCUT2D eigenvalue weighted by molar-refractivity contribution is 7.89. The van der Waals surface area contributed by atoms with Crippen LogP contribution in [0.4, 0.5) is 11.4 Å². The average Bonchev–Trinajstić information content (AvgIpc) is 2.95. The predicted octanol–water partition coefficient (Wildman–Crippen LogP) is 1.07. The van der Waals surface area contributed by atoms with Crippen LogP contribution < -0.4 is 15.8 Å². The first-order chi connectivity index (χ1) is 9.44. The van der Waals surface area contributed by atoms with Crippen LogP contribution in [-0.4, -0.2) is 25.7 Å². The molecule has 1 atom stereocenters. The van der Waals surface area contributed by atoms with Crippen LogP contribution in [0.3, 0.4) is 0 Å². The number of H-pyrrole nitrogens is 1. The van der Waals surface area contributed by atoms with E-state index in [4.69, 9.17) is 5.73 Å². The maximum absolute atomic E-state index is 11.7. The van der Waals surface area contributed by atoms with E-state index in [1.807, 2.05) is 6.92 Å².